The first kappa shape index (κ1) is 37.7. The zero-order chi connectivity index (χ0) is 34.7. The van der Waals surface area contributed by atoms with Gasteiger partial charge >= 0.3 is 24.1 Å². The average molecular weight is 644 g/mol. The number of hydrogen-bond donors (Lipinski definition) is 3. The Hall–Kier alpha value is -4.49. The second-order valence-electron chi connectivity index (χ2n) is 12.9. The lowest BCUT2D eigenvalue weighted by Crippen LogP contribution is -2.41. The number of guanidine groups is 1. The van der Waals surface area contributed by atoms with Crippen LogP contribution in [0.25, 0.3) is 0 Å². The Kier molecular flexibility index (Phi) is 13.3. The number of alkyl carbamates (subject to hydrolysis) is 1. The van der Waals surface area contributed by atoms with Crippen molar-refractivity contribution in [2.45, 2.75) is 86.2 Å². The molecule has 13 nitrogen and oxygen atoms in total. The number of aliphatic hydroxyl groups is 1. The lowest BCUT2D eigenvalue weighted by molar-refractivity contribution is -0.166. The maximum atomic E-state index is 13.0. The molecular formula is C33H45N3O10. The first-order chi connectivity index (χ1) is 21.3. The molecule has 0 radical (unpaired) electrons. The second-order valence-corrected chi connectivity index (χ2v) is 12.9. The van der Waals surface area contributed by atoms with Gasteiger partial charge in [0.1, 0.15) is 29.0 Å². The van der Waals surface area contributed by atoms with E-state index in [1.165, 1.54) is 38.1 Å². The molecule has 252 valence electrons. The minimum Gasteiger partial charge on any atom is -0.462 e. The first-order valence-electron chi connectivity index (χ1n) is 14.6. The predicted octanol–water partition coefficient (Wildman–Crippen LogP) is 5.28. The fourth-order valence-corrected chi connectivity index (χ4v) is 3.33. The van der Waals surface area contributed by atoms with E-state index < -0.39 is 60.1 Å². The molecule has 0 aliphatic carbocycles. The molecule has 0 saturated heterocycles. The van der Waals surface area contributed by atoms with E-state index in [1.54, 1.807) is 41.5 Å². The molecule has 0 aliphatic rings. The number of esters is 2. The number of ether oxygens (including phenoxy) is 5. The number of rotatable bonds is 10. The highest BCUT2D eigenvalue weighted by Gasteiger charge is 2.37. The summed E-state index contributed by atoms with van der Waals surface area (Å²) in [6, 6.07) is 13.5. The van der Waals surface area contributed by atoms with Crippen LogP contribution in [-0.4, -0.2) is 65.7 Å². The highest BCUT2D eigenvalue weighted by molar-refractivity contribution is 6.06. The standard InChI is InChI=1S/C33H45N3O10/c1-21-10-12-23(13-11-21)18-42-22(2)26(38)43-20-33(9,19-37)27(39)44-25-16-14-24(15-17-25)34-28(35-29(40)45-31(3,4)5)36-30(41)46-32(6,7)8/h10-17,22,37H,18-20H2,1-9H3,(H2,34,35,36,40,41). The number of aryl methyl sites for hydroxylation is 1. The van der Waals surface area contributed by atoms with E-state index in [4.69, 9.17) is 23.7 Å². The number of carbonyl (C=O) groups excluding carboxylic acids is 4. The van der Waals surface area contributed by atoms with Crippen LogP contribution in [0.4, 0.5) is 15.3 Å². The summed E-state index contributed by atoms with van der Waals surface area (Å²) >= 11 is 0. The van der Waals surface area contributed by atoms with Crippen molar-refractivity contribution in [3.8, 4) is 5.75 Å². The third-order valence-electron chi connectivity index (χ3n) is 5.87. The summed E-state index contributed by atoms with van der Waals surface area (Å²) in [4.78, 5) is 53.9. The molecule has 2 amide bonds. The second kappa shape index (κ2) is 16.2. The van der Waals surface area contributed by atoms with Crippen molar-refractivity contribution in [1.82, 2.24) is 5.32 Å². The van der Waals surface area contributed by atoms with Gasteiger partial charge in [-0.2, -0.15) is 0 Å². The summed E-state index contributed by atoms with van der Waals surface area (Å²) < 4.78 is 26.7. The average Bonchev–Trinajstić information content (AvgIpc) is 2.94. The number of aliphatic imine (C=N–C) groups is 1. The van der Waals surface area contributed by atoms with Crippen LogP contribution in [0.5, 0.6) is 5.75 Å². The summed E-state index contributed by atoms with van der Waals surface area (Å²) in [5.74, 6) is -1.68. The van der Waals surface area contributed by atoms with E-state index in [9.17, 15) is 24.3 Å². The molecule has 0 aliphatic heterocycles. The van der Waals surface area contributed by atoms with Gasteiger partial charge in [-0.05, 0) is 92.1 Å². The van der Waals surface area contributed by atoms with Crippen molar-refractivity contribution in [3.63, 3.8) is 0 Å². The van der Waals surface area contributed by atoms with Gasteiger partial charge in [0.15, 0.2) is 6.10 Å². The molecule has 0 saturated carbocycles. The van der Waals surface area contributed by atoms with E-state index in [-0.39, 0.29) is 18.3 Å². The number of aliphatic hydroxyl groups excluding tert-OH is 1. The maximum Gasteiger partial charge on any atom is 0.437 e. The molecule has 2 aromatic carbocycles. The summed E-state index contributed by atoms with van der Waals surface area (Å²) in [7, 11) is 0. The summed E-state index contributed by atoms with van der Waals surface area (Å²) in [6.07, 6.45) is -2.72. The van der Waals surface area contributed by atoms with Crippen LogP contribution in [0.3, 0.4) is 0 Å². The van der Waals surface area contributed by atoms with Crippen LogP contribution in [0.1, 0.15) is 66.5 Å². The summed E-state index contributed by atoms with van der Waals surface area (Å²) in [5.41, 5.74) is -0.836. The van der Waals surface area contributed by atoms with E-state index >= 15 is 0 Å². The van der Waals surface area contributed by atoms with Crippen LogP contribution >= 0.6 is 0 Å². The molecule has 2 unspecified atom stereocenters. The van der Waals surface area contributed by atoms with Crippen LogP contribution in [0.15, 0.2) is 53.5 Å². The highest BCUT2D eigenvalue weighted by Crippen LogP contribution is 2.23. The van der Waals surface area contributed by atoms with Gasteiger partial charge in [-0.15, -0.1) is 4.99 Å². The first-order valence-corrected chi connectivity index (χ1v) is 14.6. The molecule has 46 heavy (non-hydrogen) atoms. The van der Waals surface area contributed by atoms with E-state index in [0.717, 1.165) is 11.1 Å². The number of hydrogen-bond acceptors (Lipinski definition) is 10. The number of amides is 2. The van der Waals surface area contributed by atoms with Gasteiger partial charge in [0.2, 0.25) is 5.96 Å². The monoisotopic (exact) mass is 643 g/mol. The molecule has 2 atom stereocenters. The SMILES string of the molecule is Cc1ccc(COC(C)C(=O)OCC(C)(CO)C(=O)Oc2ccc(N/C(=N\C(=O)OC(C)(C)C)NC(=O)OC(C)(C)C)cc2)cc1. The van der Waals surface area contributed by atoms with Crippen LogP contribution < -0.4 is 15.4 Å². The van der Waals surface area contributed by atoms with Gasteiger partial charge in [-0.25, -0.2) is 14.4 Å². The number of anilines is 1. The molecule has 3 N–H and O–H groups in total. The third-order valence-corrected chi connectivity index (χ3v) is 5.87. The van der Waals surface area contributed by atoms with Crippen molar-refractivity contribution in [1.29, 1.82) is 0 Å². The molecule has 2 aromatic rings. The van der Waals surface area contributed by atoms with Gasteiger partial charge in [-0.1, -0.05) is 29.8 Å². The molecule has 0 heterocycles. The number of carbonyl (C=O) groups is 4. The van der Waals surface area contributed by atoms with Crippen molar-refractivity contribution in [3.05, 3.63) is 59.7 Å². The Labute approximate surface area is 269 Å². The molecule has 13 heteroatoms. The third kappa shape index (κ3) is 13.7. The van der Waals surface area contributed by atoms with E-state index in [1.807, 2.05) is 31.2 Å². The van der Waals surface area contributed by atoms with Crippen LogP contribution in [0.2, 0.25) is 0 Å². The minimum absolute atomic E-state index is 0.113. The highest BCUT2D eigenvalue weighted by atomic mass is 16.6. The molecule has 0 spiro atoms. The van der Waals surface area contributed by atoms with Gasteiger partial charge in [0.05, 0.1) is 13.2 Å². The van der Waals surface area contributed by atoms with Crippen LogP contribution in [-0.2, 0) is 35.1 Å². The van der Waals surface area contributed by atoms with Crippen molar-refractivity contribution in [2.24, 2.45) is 10.4 Å². The Balaban J connectivity index is 2.02. The number of nitrogens with one attached hydrogen (secondary N) is 2. The Bertz CT molecular complexity index is 1380. The Morgan fingerprint density at radius 3 is 2.00 bits per heavy atom. The normalized spacial score (nSPS) is 13.9. The number of benzene rings is 2. The summed E-state index contributed by atoms with van der Waals surface area (Å²) in [6.45, 7) is 14.1. The lowest BCUT2D eigenvalue weighted by atomic mass is 9.93. The largest absolute Gasteiger partial charge is 0.462 e. The fourth-order valence-electron chi connectivity index (χ4n) is 3.33. The van der Waals surface area contributed by atoms with Gasteiger partial charge in [0, 0.05) is 5.69 Å². The van der Waals surface area contributed by atoms with Gasteiger partial charge in [0.25, 0.3) is 0 Å². The molecule has 0 fully saturated rings. The zero-order valence-corrected chi connectivity index (χ0v) is 27.9. The van der Waals surface area contributed by atoms with Crippen molar-refractivity contribution >= 4 is 35.8 Å². The molecular weight excluding hydrogens is 598 g/mol. The molecule has 0 aromatic heterocycles. The lowest BCUT2D eigenvalue weighted by Gasteiger charge is -2.25. The maximum absolute atomic E-state index is 13.0. The van der Waals surface area contributed by atoms with Gasteiger partial charge in [-0.3, -0.25) is 10.1 Å². The quantitative estimate of drug-likeness (QED) is 0.101. The fraction of sp³-hybridized carbons (Fsp3) is 0.485. The Morgan fingerprint density at radius 2 is 1.46 bits per heavy atom. The van der Waals surface area contributed by atoms with Crippen molar-refractivity contribution < 1.29 is 48.0 Å². The minimum atomic E-state index is -1.56. The number of nitrogens with zero attached hydrogens (tertiary/aromatic N) is 1. The summed E-state index contributed by atoms with van der Waals surface area (Å²) in [5, 5.41) is 15.1. The molecule has 0 bridgehead atoms. The smallest absolute Gasteiger partial charge is 0.437 e. The van der Waals surface area contributed by atoms with Crippen molar-refractivity contribution in [2.75, 3.05) is 18.5 Å². The van der Waals surface area contributed by atoms with E-state index in [0.29, 0.717) is 5.69 Å². The topological polar surface area (TPSA) is 171 Å². The van der Waals surface area contributed by atoms with Gasteiger partial charge < -0.3 is 34.1 Å². The zero-order valence-electron chi connectivity index (χ0n) is 27.9. The van der Waals surface area contributed by atoms with Crippen LogP contribution in [0, 0.1) is 12.3 Å². The Morgan fingerprint density at radius 1 is 0.870 bits per heavy atom. The molecule has 2 rings (SSSR count). The van der Waals surface area contributed by atoms with E-state index in [2.05, 4.69) is 15.6 Å². The predicted molar refractivity (Wildman–Crippen MR) is 170 cm³/mol.